The molecule has 1 aliphatic heterocycles. The summed E-state index contributed by atoms with van der Waals surface area (Å²) in [5.74, 6) is 0.188. The van der Waals surface area contributed by atoms with Crippen LogP contribution in [-0.4, -0.2) is 59.4 Å². The highest BCUT2D eigenvalue weighted by Crippen LogP contribution is 2.35. The average molecular weight is 408 g/mol. The molecule has 3 rings (SSSR count). The van der Waals surface area contributed by atoms with Gasteiger partial charge in [-0.05, 0) is 50.5 Å². The first-order valence-corrected chi connectivity index (χ1v) is 10.0. The predicted molar refractivity (Wildman–Crippen MR) is 105 cm³/mol. The van der Waals surface area contributed by atoms with Crippen LogP contribution in [0.4, 0.5) is 4.79 Å². The number of carbonyl (C=O) groups excluding carboxylic acids is 3. The van der Waals surface area contributed by atoms with Crippen molar-refractivity contribution in [1.82, 2.24) is 15.1 Å². The van der Waals surface area contributed by atoms with Gasteiger partial charge in [0.25, 0.3) is 5.91 Å². The van der Waals surface area contributed by atoms with Crippen LogP contribution in [0, 0.1) is 0 Å². The van der Waals surface area contributed by atoms with E-state index in [4.69, 9.17) is 16.3 Å². The van der Waals surface area contributed by atoms with Gasteiger partial charge in [-0.15, -0.1) is 0 Å². The fraction of sp³-hybridized carbons (Fsp3) is 0.550. The van der Waals surface area contributed by atoms with Crippen molar-refractivity contribution in [2.45, 2.75) is 50.6 Å². The number of urea groups is 1. The first kappa shape index (κ1) is 20.5. The molecule has 1 saturated heterocycles. The molecule has 7 nitrogen and oxygen atoms in total. The van der Waals surface area contributed by atoms with Gasteiger partial charge in [0.1, 0.15) is 17.3 Å². The summed E-state index contributed by atoms with van der Waals surface area (Å²) in [6.45, 7) is 2.51. The second-order valence-corrected chi connectivity index (χ2v) is 7.92. The van der Waals surface area contributed by atoms with Crippen LogP contribution < -0.4 is 10.1 Å². The number of halogens is 1. The molecule has 4 amide bonds. The third-order valence-electron chi connectivity index (χ3n) is 5.49. The number of imide groups is 1. The summed E-state index contributed by atoms with van der Waals surface area (Å²) in [4.78, 5) is 40.5. The van der Waals surface area contributed by atoms with E-state index in [-0.39, 0.29) is 11.8 Å². The van der Waals surface area contributed by atoms with E-state index in [0.717, 1.165) is 17.7 Å². The van der Waals surface area contributed by atoms with E-state index in [9.17, 15) is 14.4 Å². The Morgan fingerprint density at radius 3 is 2.57 bits per heavy atom. The first-order chi connectivity index (χ1) is 13.3. The number of nitrogens with zero attached hydrogens (tertiary/aromatic N) is 2. The van der Waals surface area contributed by atoms with Crippen LogP contribution >= 0.6 is 11.6 Å². The fourth-order valence-electron chi connectivity index (χ4n) is 3.87. The molecule has 28 heavy (non-hydrogen) atoms. The van der Waals surface area contributed by atoms with E-state index in [0.29, 0.717) is 43.2 Å². The van der Waals surface area contributed by atoms with Crippen molar-refractivity contribution in [1.29, 1.82) is 0 Å². The number of carbonyl (C=O) groups is 3. The van der Waals surface area contributed by atoms with Crippen LogP contribution in [0.1, 0.15) is 39.0 Å². The van der Waals surface area contributed by atoms with Crippen LogP contribution in [-0.2, 0) is 9.59 Å². The van der Waals surface area contributed by atoms with E-state index in [1.54, 1.807) is 38.2 Å². The van der Waals surface area contributed by atoms with Crippen molar-refractivity contribution in [3.05, 3.63) is 29.3 Å². The molecule has 2 aliphatic rings. The number of ether oxygens (including phenoxy) is 1. The Bertz CT molecular complexity index is 746. The van der Waals surface area contributed by atoms with Crippen molar-refractivity contribution < 1.29 is 19.1 Å². The predicted octanol–water partition coefficient (Wildman–Crippen LogP) is 2.82. The highest BCUT2D eigenvalue weighted by atomic mass is 35.5. The van der Waals surface area contributed by atoms with Gasteiger partial charge in [0.2, 0.25) is 5.91 Å². The molecule has 1 saturated carbocycles. The van der Waals surface area contributed by atoms with E-state index >= 15 is 0 Å². The summed E-state index contributed by atoms with van der Waals surface area (Å²) in [7, 11) is 1.67. The largest absolute Gasteiger partial charge is 0.494 e. The van der Waals surface area contributed by atoms with Crippen molar-refractivity contribution in [2.75, 3.05) is 20.2 Å². The standard InChI is InChI=1S/C20H26ClN3O4/c1-14(24-18(26)20(22-19(24)27)10-3-4-11-20)17(25)23(2)12-5-13-28-16-8-6-15(21)7-9-16/h6-9,14H,3-5,10-13H2,1-2H3,(H,22,27). The number of benzene rings is 1. The van der Waals surface area contributed by atoms with Gasteiger partial charge >= 0.3 is 6.03 Å². The molecular weight excluding hydrogens is 382 g/mol. The van der Waals surface area contributed by atoms with Crippen molar-refractivity contribution in [3.63, 3.8) is 0 Å². The Balaban J connectivity index is 1.49. The van der Waals surface area contributed by atoms with E-state index in [1.807, 2.05) is 0 Å². The topological polar surface area (TPSA) is 79.0 Å². The third kappa shape index (κ3) is 4.09. The van der Waals surface area contributed by atoms with Crippen LogP contribution in [0.3, 0.4) is 0 Å². The molecule has 1 heterocycles. The molecule has 1 N–H and O–H groups in total. The smallest absolute Gasteiger partial charge is 0.325 e. The van der Waals surface area contributed by atoms with Crippen molar-refractivity contribution >= 4 is 29.4 Å². The Kier molecular flexibility index (Phi) is 6.13. The molecule has 152 valence electrons. The van der Waals surface area contributed by atoms with Gasteiger partial charge in [0, 0.05) is 18.6 Å². The Labute approximate surface area is 169 Å². The molecule has 2 fully saturated rings. The molecule has 0 radical (unpaired) electrons. The lowest BCUT2D eigenvalue weighted by molar-refractivity contribution is -0.142. The molecule has 1 aliphatic carbocycles. The van der Waals surface area contributed by atoms with Gasteiger partial charge in [-0.1, -0.05) is 24.4 Å². The third-order valence-corrected chi connectivity index (χ3v) is 5.74. The monoisotopic (exact) mass is 407 g/mol. The van der Waals surface area contributed by atoms with Gasteiger partial charge in [-0.2, -0.15) is 0 Å². The molecular formula is C20H26ClN3O4. The second-order valence-electron chi connectivity index (χ2n) is 7.49. The van der Waals surface area contributed by atoms with Crippen molar-refractivity contribution in [3.8, 4) is 5.75 Å². The number of amides is 4. The van der Waals surface area contributed by atoms with Crippen LogP contribution in [0.25, 0.3) is 0 Å². The van der Waals surface area contributed by atoms with Gasteiger partial charge in [0.15, 0.2) is 0 Å². The molecule has 1 atom stereocenters. The highest BCUT2D eigenvalue weighted by molar-refractivity contribution is 6.30. The maximum absolute atomic E-state index is 12.8. The van der Waals surface area contributed by atoms with Gasteiger partial charge in [0.05, 0.1) is 6.61 Å². The fourth-order valence-corrected chi connectivity index (χ4v) is 4.00. The average Bonchev–Trinajstić information content (AvgIpc) is 3.24. The quantitative estimate of drug-likeness (QED) is 0.556. The molecule has 0 bridgehead atoms. The highest BCUT2D eigenvalue weighted by Gasteiger charge is 2.54. The summed E-state index contributed by atoms with van der Waals surface area (Å²) in [5, 5.41) is 3.46. The zero-order valence-electron chi connectivity index (χ0n) is 16.2. The molecule has 1 aromatic carbocycles. The number of hydrogen-bond donors (Lipinski definition) is 1. The SMILES string of the molecule is CC(C(=O)N(C)CCCOc1ccc(Cl)cc1)N1C(=O)NC2(CCCC2)C1=O. The molecule has 1 spiro atoms. The minimum atomic E-state index is -0.824. The Morgan fingerprint density at radius 2 is 1.93 bits per heavy atom. The Hall–Kier alpha value is -2.28. The lowest BCUT2D eigenvalue weighted by atomic mass is 9.97. The zero-order valence-corrected chi connectivity index (χ0v) is 17.0. The minimum absolute atomic E-state index is 0.259. The lowest BCUT2D eigenvalue weighted by Gasteiger charge is -2.27. The number of rotatable bonds is 7. The van der Waals surface area contributed by atoms with Gasteiger partial charge < -0.3 is 15.0 Å². The molecule has 1 aromatic rings. The maximum Gasteiger partial charge on any atom is 0.325 e. The van der Waals surface area contributed by atoms with Gasteiger partial charge in [-0.3, -0.25) is 9.59 Å². The summed E-state index contributed by atoms with van der Waals surface area (Å²) < 4.78 is 5.62. The summed E-state index contributed by atoms with van der Waals surface area (Å²) in [6.07, 6.45) is 3.74. The number of likely N-dealkylation sites (N-methyl/N-ethyl adjacent to an activating group) is 1. The zero-order chi connectivity index (χ0) is 20.3. The summed E-state index contributed by atoms with van der Waals surface area (Å²) >= 11 is 5.84. The van der Waals surface area contributed by atoms with Crippen LogP contribution in [0.5, 0.6) is 5.75 Å². The minimum Gasteiger partial charge on any atom is -0.494 e. The molecule has 8 heteroatoms. The van der Waals surface area contributed by atoms with Crippen molar-refractivity contribution in [2.24, 2.45) is 0 Å². The molecule has 0 aromatic heterocycles. The lowest BCUT2D eigenvalue weighted by Crippen LogP contribution is -2.50. The van der Waals surface area contributed by atoms with Crippen LogP contribution in [0.2, 0.25) is 5.02 Å². The number of hydrogen-bond acceptors (Lipinski definition) is 4. The van der Waals surface area contributed by atoms with Gasteiger partial charge in [-0.25, -0.2) is 9.69 Å². The van der Waals surface area contributed by atoms with E-state index in [2.05, 4.69) is 5.32 Å². The number of nitrogens with one attached hydrogen (secondary N) is 1. The normalized spacial score (nSPS) is 19.0. The summed E-state index contributed by atoms with van der Waals surface area (Å²) in [5.41, 5.74) is -0.795. The second kappa shape index (κ2) is 8.39. The maximum atomic E-state index is 12.8. The molecule has 1 unspecified atom stereocenters. The van der Waals surface area contributed by atoms with Crippen LogP contribution in [0.15, 0.2) is 24.3 Å². The van der Waals surface area contributed by atoms with E-state index < -0.39 is 17.6 Å². The van der Waals surface area contributed by atoms with E-state index in [1.165, 1.54) is 4.90 Å². The first-order valence-electron chi connectivity index (χ1n) is 9.63. The Morgan fingerprint density at radius 1 is 1.29 bits per heavy atom. The summed E-state index contributed by atoms with van der Waals surface area (Å²) in [6, 6.07) is 5.79.